The lowest BCUT2D eigenvalue weighted by Gasteiger charge is -2.54. The van der Waals surface area contributed by atoms with E-state index >= 15 is 0 Å². The first-order valence-corrected chi connectivity index (χ1v) is 17.1. The number of halogens is 1. The van der Waals surface area contributed by atoms with E-state index in [4.69, 9.17) is 26.8 Å². The van der Waals surface area contributed by atoms with Crippen LogP contribution in [-0.4, -0.2) is 29.4 Å². The highest BCUT2D eigenvalue weighted by molar-refractivity contribution is 6.30. The van der Waals surface area contributed by atoms with Gasteiger partial charge in [-0.25, -0.2) is 4.79 Å². The average Bonchev–Trinajstić information content (AvgIpc) is 3.01. The molecule has 0 bridgehead atoms. The normalized spacial score (nSPS) is 22.0. The number of aryl methyl sites for hydroxylation is 1. The van der Waals surface area contributed by atoms with Gasteiger partial charge < -0.3 is 15.2 Å². The predicted molar refractivity (Wildman–Crippen MR) is 188 cm³/mol. The molecule has 3 unspecified atom stereocenters. The average molecular weight is 660 g/mol. The Morgan fingerprint density at radius 3 is 2.04 bits per heavy atom. The molecule has 2 aliphatic rings. The molecular weight excluding hydrogens is 610 g/mol. The Hall–Kier alpha value is -3.64. The quantitative estimate of drug-likeness (QED) is 0.192. The Morgan fingerprint density at radius 1 is 0.894 bits per heavy atom. The fourth-order valence-corrected chi connectivity index (χ4v) is 7.43. The summed E-state index contributed by atoms with van der Waals surface area (Å²) in [7, 11) is 0. The molecule has 2 aliphatic carbocycles. The molecule has 0 saturated heterocycles. The SMILES string of the molecule is CC(C)OC(=O)C(C)(C)Oc1ccc(C(=O)c2ccc(Cl)cc2)cc1.CC(C)c1ccc2c(c1)CCC1C(C)(C(N)=O)CCCC21C. The van der Waals surface area contributed by atoms with Crippen LogP contribution in [0.3, 0.4) is 0 Å². The topological polar surface area (TPSA) is 95.7 Å². The molecule has 2 N–H and O–H groups in total. The molecule has 5 rings (SSSR count). The molecule has 47 heavy (non-hydrogen) atoms. The summed E-state index contributed by atoms with van der Waals surface area (Å²) >= 11 is 5.84. The molecule has 252 valence electrons. The van der Waals surface area contributed by atoms with Crippen LogP contribution < -0.4 is 10.5 Å². The summed E-state index contributed by atoms with van der Waals surface area (Å²) in [5.74, 6) is 0.774. The Bertz CT molecular complexity index is 1590. The number of amides is 1. The van der Waals surface area contributed by atoms with Gasteiger partial charge in [-0.3, -0.25) is 9.59 Å². The van der Waals surface area contributed by atoms with E-state index in [0.29, 0.717) is 33.7 Å². The summed E-state index contributed by atoms with van der Waals surface area (Å²) < 4.78 is 10.9. The van der Waals surface area contributed by atoms with Crippen LogP contribution in [0.4, 0.5) is 0 Å². The number of primary amides is 1. The monoisotopic (exact) mass is 659 g/mol. The van der Waals surface area contributed by atoms with Crippen LogP contribution in [0.25, 0.3) is 0 Å². The van der Waals surface area contributed by atoms with Gasteiger partial charge in [-0.1, -0.05) is 63.9 Å². The molecule has 3 aromatic rings. The minimum Gasteiger partial charge on any atom is -0.476 e. The van der Waals surface area contributed by atoms with E-state index < -0.39 is 11.6 Å². The summed E-state index contributed by atoms with van der Waals surface area (Å²) in [4.78, 5) is 36.6. The van der Waals surface area contributed by atoms with Gasteiger partial charge in [-0.15, -0.1) is 0 Å². The summed E-state index contributed by atoms with van der Waals surface area (Å²) in [6.07, 6.45) is 5.17. The van der Waals surface area contributed by atoms with Gasteiger partial charge >= 0.3 is 5.97 Å². The molecule has 0 aliphatic heterocycles. The molecular formula is C40H50ClNO5. The lowest BCUT2D eigenvalue weighted by atomic mass is 9.49. The maximum Gasteiger partial charge on any atom is 0.350 e. The molecule has 6 nitrogen and oxygen atoms in total. The maximum absolute atomic E-state index is 12.4. The molecule has 0 spiro atoms. The minimum atomic E-state index is -1.12. The minimum absolute atomic E-state index is 0.102. The zero-order chi connectivity index (χ0) is 34.7. The third-order valence-corrected chi connectivity index (χ3v) is 10.3. The second kappa shape index (κ2) is 14.2. The highest BCUT2D eigenvalue weighted by atomic mass is 35.5. The van der Waals surface area contributed by atoms with E-state index in [0.717, 1.165) is 25.7 Å². The van der Waals surface area contributed by atoms with Gasteiger partial charge in [-0.05, 0) is 136 Å². The van der Waals surface area contributed by atoms with Crippen LogP contribution in [0, 0.1) is 11.3 Å². The lowest BCUT2D eigenvalue weighted by molar-refractivity contribution is -0.163. The molecule has 0 heterocycles. The molecule has 3 atom stereocenters. The standard InChI is InChI=1S/C20H21ClO4.C20H29NO/c1-13(2)24-19(23)20(3,4)25-17-11-7-15(8-12-17)18(22)14-5-9-16(21)10-6-14;1-13(2)14-6-8-16-15(12-14)7-9-17-19(16,3)10-5-11-20(17,4)18(21)22/h5-13H,1-4H3;6,8,12-13,17H,5,7,9-11H2,1-4H3,(H2,21,22). The number of hydrogen-bond acceptors (Lipinski definition) is 5. The molecule has 1 amide bonds. The first-order valence-electron chi connectivity index (χ1n) is 16.7. The number of fused-ring (bicyclic) bond motifs is 3. The van der Waals surface area contributed by atoms with Gasteiger partial charge in [0.25, 0.3) is 0 Å². The largest absolute Gasteiger partial charge is 0.476 e. The number of hydrogen-bond donors (Lipinski definition) is 1. The third-order valence-electron chi connectivity index (χ3n) is 10.0. The van der Waals surface area contributed by atoms with E-state index in [1.165, 1.54) is 23.1 Å². The van der Waals surface area contributed by atoms with Crippen LogP contribution in [0.2, 0.25) is 5.02 Å². The summed E-state index contributed by atoms with van der Waals surface area (Å²) in [5.41, 5.74) is 9.93. The molecule has 0 aromatic heterocycles. The smallest absolute Gasteiger partial charge is 0.350 e. The molecule has 3 aromatic carbocycles. The van der Waals surface area contributed by atoms with E-state index in [2.05, 4.69) is 45.9 Å². The van der Waals surface area contributed by atoms with Crippen LogP contribution >= 0.6 is 11.6 Å². The van der Waals surface area contributed by atoms with Gasteiger partial charge in [0, 0.05) is 21.6 Å². The Labute approximate surface area is 285 Å². The predicted octanol–water partition coefficient (Wildman–Crippen LogP) is 8.99. The van der Waals surface area contributed by atoms with Crippen molar-refractivity contribution in [3.05, 3.63) is 99.6 Å². The van der Waals surface area contributed by atoms with Crippen molar-refractivity contribution in [2.75, 3.05) is 0 Å². The van der Waals surface area contributed by atoms with Crippen LogP contribution in [0.5, 0.6) is 5.75 Å². The van der Waals surface area contributed by atoms with Gasteiger partial charge in [0.15, 0.2) is 11.4 Å². The number of benzene rings is 3. The zero-order valence-electron chi connectivity index (χ0n) is 29.1. The Kier molecular flexibility index (Phi) is 11.0. The van der Waals surface area contributed by atoms with Crippen molar-refractivity contribution < 1.29 is 23.9 Å². The van der Waals surface area contributed by atoms with Gasteiger partial charge in [0.1, 0.15) is 5.75 Å². The summed E-state index contributed by atoms with van der Waals surface area (Å²) in [6.45, 7) is 15.8. The number of nitrogens with two attached hydrogens (primary N) is 1. The van der Waals surface area contributed by atoms with Gasteiger partial charge in [0.2, 0.25) is 5.91 Å². The van der Waals surface area contributed by atoms with E-state index in [9.17, 15) is 14.4 Å². The van der Waals surface area contributed by atoms with Gasteiger partial charge in [0.05, 0.1) is 6.10 Å². The number of ketones is 1. The number of ether oxygens (including phenoxy) is 2. The summed E-state index contributed by atoms with van der Waals surface area (Å²) in [5, 5.41) is 0.579. The van der Waals surface area contributed by atoms with Crippen molar-refractivity contribution in [2.45, 2.75) is 111 Å². The van der Waals surface area contributed by atoms with Crippen molar-refractivity contribution in [3.63, 3.8) is 0 Å². The van der Waals surface area contributed by atoms with Crippen molar-refractivity contribution >= 4 is 29.3 Å². The Balaban J connectivity index is 0.000000214. The van der Waals surface area contributed by atoms with Crippen molar-refractivity contribution in [1.29, 1.82) is 0 Å². The maximum atomic E-state index is 12.4. The summed E-state index contributed by atoms with van der Waals surface area (Å²) in [6, 6.07) is 20.4. The highest BCUT2D eigenvalue weighted by Crippen LogP contribution is 2.57. The van der Waals surface area contributed by atoms with Crippen LogP contribution in [-0.2, 0) is 26.2 Å². The van der Waals surface area contributed by atoms with Crippen molar-refractivity contribution in [2.24, 2.45) is 17.1 Å². The number of rotatable bonds is 8. The van der Waals surface area contributed by atoms with Crippen LogP contribution in [0.1, 0.15) is 120 Å². The fourth-order valence-electron chi connectivity index (χ4n) is 7.30. The fraction of sp³-hybridized carbons (Fsp3) is 0.475. The zero-order valence-corrected chi connectivity index (χ0v) is 29.9. The lowest BCUT2D eigenvalue weighted by Crippen LogP contribution is -2.54. The first-order chi connectivity index (χ1) is 22.0. The second-order valence-corrected chi connectivity index (χ2v) is 15.1. The molecule has 0 radical (unpaired) electrons. The van der Waals surface area contributed by atoms with E-state index in [1.54, 1.807) is 76.2 Å². The van der Waals surface area contributed by atoms with Gasteiger partial charge in [-0.2, -0.15) is 0 Å². The number of carbonyl (C=O) groups excluding carboxylic acids is 3. The van der Waals surface area contributed by atoms with E-state index in [1.807, 2.05) is 0 Å². The number of esters is 1. The van der Waals surface area contributed by atoms with Crippen molar-refractivity contribution in [1.82, 2.24) is 0 Å². The molecule has 1 saturated carbocycles. The van der Waals surface area contributed by atoms with E-state index in [-0.39, 0.29) is 28.6 Å². The molecule has 7 heteroatoms. The third kappa shape index (κ3) is 7.92. The number of carbonyl (C=O) groups is 3. The van der Waals surface area contributed by atoms with Crippen molar-refractivity contribution in [3.8, 4) is 5.75 Å². The second-order valence-electron chi connectivity index (χ2n) is 14.6. The Morgan fingerprint density at radius 2 is 1.49 bits per heavy atom. The van der Waals surface area contributed by atoms with Crippen LogP contribution in [0.15, 0.2) is 66.7 Å². The highest BCUT2D eigenvalue weighted by Gasteiger charge is 2.54. The first kappa shape index (κ1) is 36.2. The molecule has 1 fully saturated rings.